The average molecular weight is 217 g/mol. The van der Waals surface area contributed by atoms with E-state index in [0.717, 1.165) is 0 Å². The molecule has 1 heteroatoms. The van der Waals surface area contributed by atoms with Crippen molar-refractivity contribution in [3.8, 4) is 0 Å². The highest BCUT2D eigenvalue weighted by molar-refractivity contribution is 6.10. The largest absolute Gasteiger partial charge is 0.361 e. The first-order chi connectivity index (χ1) is 8.42. The molecule has 4 rings (SSSR count). The highest BCUT2D eigenvalue weighted by Crippen LogP contribution is 2.28. The standard InChI is InChI=1S/C16H11N/c1-2-4-13-10-15-14(9-12(13)3-1)6-5-11-7-8-17-16(11)15/h1-10,17H. The molecule has 0 aliphatic rings. The molecule has 1 nitrogen and oxygen atoms in total. The highest BCUT2D eigenvalue weighted by Gasteiger charge is 2.02. The molecular weight excluding hydrogens is 206 g/mol. The quantitative estimate of drug-likeness (QED) is 0.418. The van der Waals surface area contributed by atoms with Crippen molar-refractivity contribution in [3.05, 3.63) is 60.8 Å². The van der Waals surface area contributed by atoms with Crippen molar-refractivity contribution >= 4 is 32.4 Å². The minimum absolute atomic E-state index is 1.23. The van der Waals surface area contributed by atoms with E-state index in [1.54, 1.807) is 0 Å². The smallest absolute Gasteiger partial charge is 0.0533 e. The number of hydrogen-bond donors (Lipinski definition) is 1. The van der Waals surface area contributed by atoms with E-state index in [-0.39, 0.29) is 0 Å². The second kappa shape index (κ2) is 3.11. The zero-order valence-electron chi connectivity index (χ0n) is 9.27. The van der Waals surface area contributed by atoms with E-state index in [0.29, 0.717) is 0 Å². The average Bonchev–Trinajstić information content (AvgIpc) is 2.85. The fourth-order valence-corrected chi connectivity index (χ4v) is 2.55. The van der Waals surface area contributed by atoms with Crippen LogP contribution in [0.25, 0.3) is 32.4 Å². The van der Waals surface area contributed by atoms with Gasteiger partial charge in [0.15, 0.2) is 0 Å². The third kappa shape index (κ3) is 1.19. The molecule has 0 aliphatic carbocycles. The molecule has 80 valence electrons. The van der Waals surface area contributed by atoms with Crippen LogP contribution in [0.15, 0.2) is 60.8 Å². The fourth-order valence-electron chi connectivity index (χ4n) is 2.55. The van der Waals surface area contributed by atoms with Crippen molar-refractivity contribution < 1.29 is 0 Å². The monoisotopic (exact) mass is 217 g/mol. The van der Waals surface area contributed by atoms with Crippen LogP contribution in [-0.2, 0) is 0 Å². The topological polar surface area (TPSA) is 15.8 Å². The number of nitrogens with one attached hydrogen (secondary N) is 1. The summed E-state index contributed by atoms with van der Waals surface area (Å²) in [6, 6.07) is 19.5. The van der Waals surface area contributed by atoms with Gasteiger partial charge in [0.1, 0.15) is 0 Å². The van der Waals surface area contributed by atoms with Crippen LogP contribution in [0.1, 0.15) is 0 Å². The molecule has 1 aromatic heterocycles. The Kier molecular flexibility index (Phi) is 1.61. The molecule has 0 fully saturated rings. The Morgan fingerprint density at radius 3 is 2.29 bits per heavy atom. The van der Waals surface area contributed by atoms with Crippen molar-refractivity contribution in [2.45, 2.75) is 0 Å². The molecule has 0 amide bonds. The van der Waals surface area contributed by atoms with Crippen molar-refractivity contribution in [3.63, 3.8) is 0 Å². The van der Waals surface area contributed by atoms with E-state index < -0.39 is 0 Å². The van der Waals surface area contributed by atoms with Gasteiger partial charge in [0, 0.05) is 17.0 Å². The first-order valence-electron chi connectivity index (χ1n) is 5.80. The maximum Gasteiger partial charge on any atom is 0.0533 e. The number of rotatable bonds is 0. The summed E-state index contributed by atoms with van der Waals surface area (Å²) in [6.45, 7) is 0. The Balaban J connectivity index is 2.29. The third-order valence-electron chi connectivity index (χ3n) is 3.41. The number of aromatic amines is 1. The van der Waals surface area contributed by atoms with Gasteiger partial charge in [-0.1, -0.05) is 36.4 Å². The predicted molar refractivity (Wildman–Crippen MR) is 73.3 cm³/mol. The van der Waals surface area contributed by atoms with E-state index >= 15 is 0 Å². The first-order valence-corrected chi connectivity index (χ1v) is 5.80. The summed E-state index contributed by atoms with van der Waals surface area (Å²) in [4.78, 5) is 3.33. The van der Waals surface area contributed by atoms with Gasteiger partial charge in [-0.05, 0) is 34.4 Å². The van der Waals surface area contributed by atoms with Crippen LogP contribution < -0.4 is 0 Å². The summed E-state index contributed by atoms with van der Waals surface area (Å²) in [7, 11) is 0. The maximum absolute atomic E-state index is 3.33. The third-order valence-corrected chi connectivity index (χ3v) is 3.41. The van der Waals surface area contributed by atoms with Crippen molar-refractivity contribution in [1.82, 2.24) is 4.98 Å². The minimum atomic E-state index is 1.23. The lowest BCUT2D eigenvalue weighted by atomic mass is 10.0. The van der Waals surface area contributed by atoms with Crippen molar-refractivity contribution in [2.75, 3.05) is 0 Å². The van der Waals surface area contributed by atoms with E-state index in [4.69, 9.17) is 0 Å². The van der Waals surface area contributed by atoms with E-state index in [1.165, 1.54) is 32.4 Å². The summed E-state index contributed by atoms with van der Waals surface area (Å²) < 4.78 is 0. The van der Waals surface area contributed by atoms with Crippen LogP contribution in [0.2, 0.25) is 0 Å². The number of benzene rings is 3. The van der Waals surface area contributed by atoms with Gasteiger partial charge in [0.25, 0.3) is 0 Å². The fraction of sp³-hybridized carbons (Fsp3) is 0. The van der Waals surface area contributed by atoms with Gasteiger partial charge in [0.2, 0.25) is 0 Å². The molecule has 4 aromatic rings. The van der Waals surface area contributed by atoms with Crippen molar-refractivity contribution in [1.29, 1.82) is 0 Å². The number of aromatic nitrogens is 1. The molecule has 0 aliphatic heterocycles. The van der Waals surface area contributed by atoms with E-state index in [1.807, 2.05) is 6.20 Å². The maximum atomic E-state index is 3.33. The van der Waals surface area contributed by atoms with Crippen molar-refractivity contribution in [2.24, 2.45) is 0 Å². The number of hydrogen-bond acceptors (Lipinski definition) is 0. The molecule has 0 atom stereocenters. The Hall–Kier alpha value is -2.28. The van der Waals surface area contributed by atoms with Crippen LogP contribution in [0.4, 0.5) is 0 Å². The minimum Gasteiger partial charge on any atom is -0.361 e. The van der Waals surface area contributed by atoms with Gasteiger partial charge in [-0.3, -0.25) is 0 Å². The summed E-state index contributed by atoms with van der Waals surface area (Å²) in [5.41, 5.74) is 1.23. The molecular formula is C16H11N. The Labute approximate surface area is 98.7 Å². The lowest BCUT2D eigenvalue weighted by Crippen LogP contribution is -1.78. The molecule has 0 saturated heterocycles. The number of fused-ring (bicyclic) bond motifs is 4. The molecule has 0 saturated carbocycles. The second-order valence-electron chi connectivity index (χ2n) is 4.43. The van der Waals surface area contributed by atoms with Crippen LogP contribution in [0.3, 0.4) is 0 Å². The SMILES string of the molecule is c1ccc2cc3c(ccc4cc[nH]c43)cc2c1. The molecule has 0 unspecified atom stereocenters. The molecule has 0 spiro atoms. The molecule has 1 N–H and O–H groups in total. The molecule has 3 aromatic carbocycles. The predicted octanol–water partition coefficient (Wildman–Crippen LogP) is 4.47. The highest BCUT2D eigenvalue weighted by atomic mass is 14.7. The van der Waals surface area contributed by atoms with Crippen LogP contribution in [-0.4, -0.2) is 4.98 Å². The molecule has 17 heavy (non-hydrogen) atoms. The van der Waals surface area contributed by atoms with Gasteiger partial charge in [-0.25, -0.2) is 0 Å². The normalized spacial score (nSPS) is 11.5. The summed E-state index contributed by atoms with van der Waals surface area (Å²) in [6.07, 6.45) is 2.00. The zero-order chi connectivity index (χ0) is 11.2. The summed E-state index contributed by atoms with van der Waals surface area (Å²) in [5.74, 6) is 0. The van der Waals surface area contributed by atoms with E-state index in [9.17, 15) is 0 Å². The Morgan fingerprint density at radius 1 is 0.647 bits per heavy atom. The van der Waals surface area contributed by atoms with E-state index in [2.05, 4.69) is 59.6 Å². The molecule has 0 bridgehead atoms. The Bertz CT molecular complexity index is 840. The first kappa shape index (κ1) is 8.82. The lowest BCUT2D eigenvalue weighted by molar-refractivity contribution is 1.49. The Morgan fingerprint density at radius 2 is 1.41 bits per heavy atom. The van der Waals surface area contributed by atoms with Gasteiger partial charge < -0.3 is 4.98 Å². The summed E-state index contributed by atoms with van der Waals surface area (Å²) >= 11 is 0. The number of H-pyrrole nitrogens is 1. The van der Waals surface area contributed by atoms with Crippen LogP contribution in [0, 0.1) is 0 Å². The molecule has 0 radical (unpaired) electrons. The van der Waals surface area contributed by atoms with Crippen LogP contribution >= 0.6 is 0 Å². The summed E-state index contributed by atoms with van der Waals surface area (Å²) in [5, 5.41) is 6.45. The van der Waals surface area contributed by atoms with Crippen LogP contribution in [0.5, 0.6) is 0 Å². The van der Waals surface area contributed by atoms with Gasteiger partial charge in [-0.2, -0.15) is 0 Å². The second-order valence-corrected chi connectivity index (χ2v) is 4.43. The zero-order valence-corrected chi connectivity index (χ0v) is 9.27. The lowest BCUT2D eigenvalue weighted by Gasteiger charge is -2.03. The van der Waals surface area contributed by atoms with Gasteiger partial charge in [0.05, 0.1) is 5.52 Å². The molecule has 1 heterocycles. The van der Waals surface area contributed by atoms with Gasteiger partial charge >= 0.3 is 0 Å². The van der Waals surface area contributed by atoms with Gasteiger partial charge in [-0.15, -0.1) is 0 Å².